The Hall–Kier alpha value is -2.96. The number of hydrogen-bond acceptors (Lipinski definition) is 5. The van der Waals surface area contributed by atoms with Gasteiger partial charge in [-0.1, -0.05) is 30.3 Å². The standard InChI is InChI=1S/C16H18N6O/c1-3-7-18-16(23)15-14(17)11-6-4-5-10(12(11)8-19-15)13-9-20-21-22(13)2/h4-6,8-9H,3,7,17H2,1-2H3,(H,18,23). The molecule has 0 atom stereocenters. The topological polar surface area (TPSA) is 98.7 Å². The molecule has 0 unspecified atom stereocenters. The molecule has 0 fully saturated rings. The summed E-state index contributed by atoms with van der Waals surface area (Å²) in [6, 6.07) is 5.74. The van der Waals surface area contributed by atoms with E-state index in [-0.39, 0.29) is 11.6 Å². The maximum absolute atomic E-state index is 12.2. The molecule has 0 aliphatic carbocycles. The number of hydrogen-bond donors (Lipinski definition) is 2. The van der Waals surface area contributed by atoms with Crippen molar-refractivity contribution in [3.05, 3.63) is 36.3 Å². The minimum absolute atomic E-state index is 0.251. The molecule has 0 spiro atoms. The lowest BCUT2D eigenvalue weighted by Crippen LogP contribution is -2.26. The molecule has 2 heterocycles. The van der Waals surface area contributed by atoms with Crippen LogP contribution in [0.25, 0.3) is 22.0 Å². The molecule has 118 valence electrons. The third kappa shape index (κ3) is 2.61. The average molecular weight is 310 g/mol. The van der Waals surface area contributed by atoms with Crippen molar-refractivity contribution in [2.24, 2.45) is 7.05 Å². The van der Waals surface area contributed by atoms with Gasteiger partial charge in [-0.3, -0.25) is 4.79 Å². The van der Waals surface area contributed by atoms with E-state index >= 15 is 0 Å². The Labute approximate surface area is 133 Å². The highest BCUT2D eigenvalue weighted by molar-refractivity contribution is 6.08. The zero-order valence-electron chi connectivity index (χ0n) is 13.1. The number of nitrogen functional groups attached to an aromatic ring is 1. The minimum Gasteiger partial charge on any atom is -0.396 e. The number of anilines is 1. The van der Waals surface area contributed by atoms with Crippen molar-refractivity contribution < 1.29 is 4.79 Å². The Morgan fingerprint density at radius 3 is 2.83 bits per heavy atom. The third-order valence-electron chi connectivity index (χ3n) is 3.72. The Bertz CT molecular complexity index is 870. The first-order chi connectivity index (χ1) is 11.1. The van der Waals surface area contributed by atoms with Gasteiger partial charge in [-0.25, -0.2) is 9.67 Å². The first-order valence-corrected chi connectivity index (χ1v) is 7.44. The molecule has 3 aromatic rings. The number of nitrogens with zero attached hydrogens (tertiary/aromatic N) is 4. The molecule has 0 bridgehead atoms. The van der Waals surface area contributed by atoms with Crippen LogP contribution in [0.15, 0.2) is 30.6 Å². The molecule has 3 N–H and O–H groups in total. The van der Waals surface area contributed by atoms with E-state index in [1.807, 2.05) is 32.2 Å². The van der Waals surface area contributed by atoms with Crippen LogP contribution >= 0.6 is 0 Å². The fourth-order valence-electron chi connectivity index (χ4n) is 2.53. The Morgan fingerprint density at radius 1 is 1.30 bits per heavy atom. The monoisotopic (exact) mass is 310 g/mol. The van der Waals surface area contributed by atoms with Gasteiger partial charge in [0.05, 0.1) is 17.6 Å². The second-order valence-corrected chi connectivity index (χ2v) is 5.29. The Morgan fingerprint density at radius 2 is 2.13 bits per heavy atom. The molecule has 3 rings (SSSR count). The summed E-state index contributed by atoms with van der Waals surface area (Å²) >= 11 is 0. The second kappa shape index (κ2) is 6.04. The molecular weight excluding hydrogens is 292 g/mol. The summed E-state index contributed by atoms with van der Waals surface area (Å²) in [6.45, 7) is 2.59. The summed E-state index contributed by atoms with van der Waals surface area (Å²) in [5.74, 6) is -0.251. The zero-order chi connectivity index (χ0) is 16.4. The van der Waals surface area contributed by atoms with Crippen molar-refractivity contribution in [1.29, 1.82) is 0 Å². The molecule has 23 heavy (non-hydrogen) atoms. The van der Waals surface area contributed by atoms with Crippen LogP contribution in [0.3, 0.4) is 0 Å². The number of benzene rings is 1. The van der Waals surface area contributed by atoms with Crippen LogP contribution in [-0.2, 0) is 7.05 Å². The molecule has 0 aliphatic rings. The lowest BCUT2D eigenvalue weighted by atomic mass is 10.0. The molecule has 2 aromatic heterocycles. The number of rotatable bonds is 4. The fraction of sp³-hybridized carbons (Fsp3) is 0.250. The molecule has 1 aromatic carbocycles. The van der Waals surface area contributed by atoms with E-state index in [1.165, 1.54) is 0 Å². The molecular formula is C16H18N6O. The summed E-state index contributed by atoms with van der Waals surface area (Å²) in [6.07, 6.45) is 4.22. The van der Waals surface area contributed by atoms with Gasteiger partial charge in [0.15, 0.2) is 5.69 Å². The quantitative estimate of drug-likeness (QED) is 0.765. The number of aryl methyl sites for hydroxylation is 1. The maximum Gasteiger partial charge on any atom is 0.272 e. The summed E-state index contributed by atoms with van der Waals surface area (Å²) in [7, 11) is 1.82. The van der Waals surface area contributed by atoms with Gasteiger partial charge < -0.3 is 11.1 Å². The lowest BCUT2D eigenvalue weighted by Gasteiger charge is -2.11. The SMILES string of the molecule is CCCNC(=O)c1ncc2c(-c3cnnn3C)cccc2c1N. The fourth-order valence-corrected chi connectivity index (χ4v) is 2.53. The van der Waals surface area contributed by atoms with E-state index in [0.717, 1.165) is 28.5 Å². The van der Waals surface area contributed by atoms with Gasteiger partial charge in [0.25, 0.3) is 5.91 Å². The number of nitrogens with one attached hydrogen (secondary N) is 1. The summed E-state index contributed by atoms with van der Waals surface area (Å²) < 4.78 is 1.69. The minimum atomic E-state index is -0.251. The Balaban J connectivity index is 2.13. The van der Waals surface area contributed by atoms with Gasteiger partial charge in [0.2, 0.25) is 0 Å². The first kappa shape index (κ1) is 15.0. The summed E-state index contributed by atoms with van der Waals surface area (Å²) in [5, 5.41) is 12.3. The van der Waals surface area contributed by atoms with Crippen molar-refractivity contribution in [2.75, 3.05) is 12.3 Å². The molecule has 1 amide bonds. The average Bonchev–Trinajstić information content (AvgIpc) is 2.98. The van der Waals surface area contributed by atoms with E-state index in [2.05, 4.69) is 20.6 Å². The van der Waals surface area contributed by atoms with Crippen LogP contribution in [-0.4, -0.2) is 32.4 Å². The molecule has 7 nitrogen and oxygen atoms in total. The van der Waals surface area contributed by atoms with Crippen LogP contribution < -0.4 is 11.1 Å². The van der Waals surface area contributed by atoms with Gasteiger partial charge in [-0.15, -0.1) is 5.10 Å². The number of nitrogens with two attached hydrogens (primary N) is 1. The number of amides is 1. The van der Waals surface area contributed by atoms with E-state index < -0.39 is 0 Å². The highest BCUT2D eigenvalue weighted by Crippen LogP contribution is 2.31. The van der Waals surface area contributed by atoms with Crippen molar-refractivity contribution in [2.45, 2.75) is 13.3 Å². The van der Waals surface area contributed by atoms with Crippen molar-refractivity contribution in [3.8, 4) is 11.3 Å². The van der Waals surface area contributed by atoms with Gasteiger partial charge >= 0.3 is 0 Å². The van der Waals surface area contributed by atoms with Crippen LogP contribution in [0.5, 0.6) is 0 Å². The normalized spacial score (nSPS) is 10.9. The van der Waals surface area contributed by atoms with Crippen molar-refractivity contribution >= 4 is 22.4 Å². The number of carbonyl (C=O) groups excluding carboxylic acids is 1. The predicted octanol–water partition coefficient (Wildman–Crippen LogP) is 1.75. The van der Waals surface area contributed by atoms with Crippen LogP contribution in [0, 0.1) is 0 Å². The second-order valence-electron chi connectivity index (χ2n) is 5.29. The number of fused-ring (bicyclic) bond motifs is 1. The maximum atomic E-state index is 12.2. The van der Waals surface area contributed by atoms with Gasteiger partial charge in [-0.05, 0) is 6.42 Å². The molecule has 0 saturated heterocycles. The highest BCUT2D eigenvalue weighted by atomic mass is 16.1. The smallest absolute Gasteiger partial charge is 0.272 e. The van der Waals surface area contributed by atoms with Gasteiger partial charge in [0.1, 0.15) is 0 Å². The number of carbonyl (C=O) groups is 1. The van der Waals surface area contributed by atoms with E-state index in [4.69, 9.17) is 5.73 Å². The molecule has 0 saturated carbocycles. The highest BCUT2D eigenvalue weighted by Gasteiger charge is 2.16. The predicted molar refractivity (Wildman–Crippen MR) is 88.8 cm³/mol. The van der Waals surface area contributed by atoms with Gasteiger partial charge in [-0.2, -0.15) is 0 Å². The largest absolute Gasteiger partial charge is 0.396 e. The van der Waals surface area contributed by atoms with Gasteiger partial charge in [0, 0.05) is 36.1 Å². The lowest BCUT2D eigenvalue weighted by molar-refractivity contribution is 0.0950. The van der Waals surface area contributed by atoms with Crippen molar-refractivity contribution in [1.82, 2.24) is 25.3 Å². The van der Waals surface area contributed by atoms with E-state index in [0.29, 0.717) is 12.2 Å². The molecule has 0 aliphatic heterocycles. The number of pyridine rings is 1. The third-order valence-corrected chi connectivity index (χ3v) is 3.72. The number of aromatic nitrogens is 4. The van der Waals surface area contributed by atoms with E-state index in [9.17, 15) is 4.79 Å². The first-order valence-electron chi connectivity index (χ1n) is 7.44. The van der Waals surface area contributed by atoms with Crippen LogP contribution in [0.2, 0.25) is 0 Å². The zero-order valence-corrected chi connectivity index (χ0v) is 13.1. The Kier molecular flexibility index (Phi) is 3.92. The summed E-state index contributed by atoms with van der Waals surface area (Å²) in [5.41, 5.74) is 8.62. The molecule has 0 radical (unpaired) electrons. The van der Waals surface area contributed by atoms with Crippen molar-refractivity contribution in [3.63, 3.8) is 0 Å². The van der Waals surface area contributed by atoms with E-state index in [1.54, 1.807) is 17.1 Å². The van der Waals surface area contributed by atoms with Crippen LogP contribution in [0.1, 0.15) is 23.8 Å². The molecule has 7 heteroatoms. The van der Waals surface area contributed by atoms with Crippen LogP contribution in [0.4, 0.5) is 5.69 Å². The summed E-state index contributed by atoms with van der Waals surface area (Å²) in [4.78, 5) is 16.4.